The van der Waals surface area contributed by atoms with Crippen molar-refractivity contribution < 1.29 is 84.3 Å². The fraction of sp³-hybridized carbons (Fsp3) is 0.936. The van der Waals surface area contributed by atoms with Gasteiger partial charge in [0.2, 0.25) is 0 Å². The number of fused-ring (bicyclic) bond motifs is 7. The third-order valence-electron chi connectivity index (χ3n) is 19.0. The van der Waals surface area contributed by atoms with Crippen molar-refractivity contribution in [3.8, 4) is 0 Å². The topological polar surface area (TPSA) is 275 Å². The molecule has 0 radical (unpaired) electrons. The Morgan fingerprint density at radius 2 is 1.27 bits per heavy atom. The van der Waals surface area contributed by atoms with Gasteiger partial charge in [-0.2, -0.15) is 0 Å². The molecule has 17 heteroatoms. The first kappa shape index (κ1) is 49.0. The van der Waals surface area contributed by atoms with E-state index in [0.717, 1.165) is 44.9 Å². The van der Waals surface area contributed by atoms with Crippen LogP contribution >= 0.6 is 0 Å². The Balaban J connectivity index is 1.04. The molecular weight excluding hydrogens is 836 g/mol. The molecule has 0 spiro atoms. The highest BCUT2D eigenvalue weighted by molar-refractivity contribution is 5.76. The van der Waals surface area contributed by atoms with E-state index in [1.165, 1.54) is 5.57 Å². The summed E-state index contributed by atoms with van der Waals surface area (Å²) in [6.45, 7) is 14.6. The maximum atomic E-state index is 13.1. The van der Waals surface area contributed by atoms with Crippen molar-refractivity contribution in [1.29, 1.82) is 0 Å². The molecule has 8 rings (SSSR count). The van der Waals surface area contributed by atoms with Crippen LogP contribution in [0.5, 0.6) is 0 Å². The standard InChI is InChI=1S/C47H76O17/c1-42(2)14-16-47(41(57)58)17-15-45(6)22(23(47)18-42)8-9-28-44(5)12-11-29(43(3,4)27(44)10-13-46(28,45)7)63-40-37(64-39-36(56)34(54)31(51)25(20-49)61-39)32(52)26(21-59-40)62-38-35(55)33(53)30(50)24(19-48)60-38/h8,23-40,48-56H,9-21H2,1-7H3,(H,57,58). The van der Waals surface area contributed by atoms with Gasteiger partial charge in [-0.25, -0.2) is 0 Å². The van der Waals surface area contributed by atoms with E-state index in [9.17, 15) is 55.9 Å². The summed E-state index contributed by atoms with van der Waals surface area (Å²) in [7, 11) is 0. The van der Waals surface area contributed by atoms with E-state index >= 15 is 0 Å². The highest BCUT2D eigenvalue weighted by atomic mass is 16.8. The van der Waals surface area contributed by atoms with Gasteiger partial charge in [-0.05, 0) is 109 Å². The van der Waals surface area contributed by atoms with E-state index in [-0.39, 0.29) is 40.1 Å². The first-order valence-corrected chi connectivity index (χ1v) is 23.7. The van der Waals surface area contributed by atoms with Crippen LogP contribution in [0.4, 0.5) is 0 Å². The van der Waals surface area contributed by atoms with Gasteiger partial charge in [0.25, 0.3) is 0 Å². The Morgan fingerprint density at radius 1 is 0.672 bits per heavy atom. The van der Waals surface area contributed by atoms with E-state index in [4.69, 9.17) is 28.4 Å². The number of allylic oxidation sites excluding steroid dienone is 2. The fourth-order valence-electron chi connectivity index (χ4n) is 14.8. The normalized spacial score (nSPS) is 53.5. The average Bonchev–Trinajstić information content (AvgIpc) is 3.23. The number of aliphatic hydroxyl groups is 9. The molecule has 0 amide bonds. The smallest absolute Gasteiger partial charge is 0.310 e. The van der Waals surface area contributed by atoms with E-state index in [2.05, 4.69) is 54.5 Å². The maximum Gasteiger partial charge on any atom is 0.310 e. The Morgan fingerprint density at radius 3 is 1.86 bits per heavy atom. The molecule has 0 aromatic carbocycles. The summed E-state index contributed by atoms with van der Waals surface area (Å²) < 4.78 is 36.5. The molecule has 22 unspecified atom stereocenters. The number of hydrogen-bond acceptors (Lipinski definition) is 16. The molecule has 0 aromatic rings. The molecule has 22 atom stereocenters. The predicted octanol–water partition coefficient (Wildman–Crippen LogP) is 1.35. The van der Waals surface area contributed by atoms with Crippen molar-refractivity contribution in [3.05, 3.63) is 11.6 Å². The van der Waals surface area contributed by atoms with Crippen LogP contribution in [0, 0.1) is 50.2 Å². The van der Waals surface area contributed by atoms with Gasteiger partial charge in [0, 0.05) is 0 Å². The van der Waals surface area contributed by atoms with Crippen LogP contribution in [0.25, 0.3) is 0 Å². The molecule has 366 valence electrons. The van der Waals surface area contributed by atoms with Crippen molar-refractivity contribution in [3.63, 3.8) is 0 Å². The monoisotopic (exact) mass is 913 g/mol. The van der Waals surface area contributed by atoms with Crippen LogP contribution in [-0.2, 0) is 33.2 Å². The van der Waals surface area contributed by atoms with Crippen molar-refractivity contribution in [2.45, 2.75) is 205 Å². The summed E-state index contributed by atoms with van der Waals surface area (Å²) in [4.78, 5) is 13.1. The van der Waals surface area contributed by atoms with Crippen molar-refractivity contribution >= 4 is 5.97 Å². The van der Waals surface area contributed by atoms with Gasteiger partial charge in [0.05, 0.1) is 31.3 Å². The number of carbonyl (C=O) groups is 1. The molecule has 64 heavy (non-hydrogen) atoms. The summed E-state index contributed by atoms with van der Waals surface area (Å²) >= 11 is 0. The summed E-state index contributed by atoms with van der Waals surface area (Å²) in [5, 5.41) is 106. The number of carboxylic acids is 1. The van der Waals surface area contributed by atoms with Crippen LogP contribution < -0.4 is 0 Å². The van der Waals surface area contributed by atoms with Crippen LogP contribution in [0.1, 0.15) is 113 Å². The second-order valence-electron chi connectivity index (χ2n) is 23.0. The molecule has 3 saturated heterocycles. The third kappa shape index (κ3) is 7.58. The van der Waals surface area contributed by atoms with Crippen LogP contribution in [0.2, 0.25) is 0 Å². The molecule has 7 fully saturated rings. The lowest BCUT2D eigenvalue weighted by Gasteiger charge is -2.71. The fourth-order valence-corrected chi connectivity index (χ4v) is 14.8. The van der Waals surface area contributed by atoms with Crippen molar-refractivity contribution in [1.82, 2.24) is 0 Å². The highest BCUT2D eigenvalue weighted by Gasteiger charge is 2.70. The van der Waals surface area contributed by atoms with Gasteiger partial charge in [-0.3, -0.25) is 4.79 Å². The lowest BCUT2D eigenvalue weighted by atomic mass is 9.33. The number of rotatable bonds is 9. The summed E-state index contributed by atoms with van der Waals surface area (Å²) in [5.74, 6) is -0.100. The average molecular weight is 913 g/mol. The molecule has 10 N–H and O–H groups in total. The SMILES string of the molecule is CC1(C)CCC2(C(=O)O)CCC3(C)C(=CCC4C5(C)CCC(OC6OCC(OC7OC(CO)C(O)C(O)C7O)C(O)C6OC6OC(CO)C(O)C(O)C6O)C(C)(C)C5CCC43C)C2C1. The lowest BCUT2D eigenvalue weighted by Crippen LogP contribution is -2.66. The number of aliphatic hydroxyl groups excluding tert-OH is 9. The van der Waals surface area contributed by atoms with E-state index in [0.29, 0.717) is 25.2 Å². The molecule has 8 aliphatic rings. The molecule has 3 heterocycles. The number of hydrogen-bond donors (Lipinski definition) is 10. The zero-order valence-electron chi connectivity index (χ0n) is 38.5. The summed E-state index contributed by atoms with van der Waals surface area (Å²) in [6.07, 6.45) is -11.7. The predicted molar refractivity (Wildman–Crippen MR) is 225 cm³/mol. The minimum absolute atomic E-state index is 0.0163. The Kier molecular flexibility index (Phi) is 13.2. The van der Waals surface area contributed by atoms with Crippen LogP contribution in [0.15, 0.2) is 11.6 Å². The second kappa shape index (κ2) is 17.2. The highest BCUT2D eigenvalue weighted by Crippen LogP contribution is 2.76. The lowest BCUT2D eigenvalue weighted by molar-refractivity contribution is -0.382. The largest absolute Gasteiger partial charge is 0.481 e. The van der Waals surface area contributed by atoms with E-state index in [1.54, 1.807) is 0 Å². The molecular formula is C47H76O17. The summed E-state index contributed by atoms with van der Waals surface area (Å²) in [6, 6.07) is 0. The minimum atomic E-state index is -1.82. The van der Waals surface area contributed by atoms with Crippen LogP contribution in [0.3, 0.4) is 0 Å². The molecule has 4 saturated carbocycles. The van der Waals surface area contributed by atoms with Crippen molar-refractivity contribution in [2.24, 2.45) is 50.2 Å². The molecule has 5 aliphatic carbocycles. The van der Waals surface area contributed by atoms with Crippen molar-refractivity contribution in [2.75, 3.05) is 19.8 Å². The van der Waals surface area contributed by atoms with Gasteiger partial charge in [0.1, 0.15) is 67.1 Å². The Hall–Kier alpha value is -1.39. The number of carboxylic acid groups (broad SMARTS) is 1. The summed E-state index contributed by atoms with van der Waals surface area (Å²) in [5.41, 5.74) is -0.0156. The molecule has 0 bridgehead atoms. The van der Waals surface area contributed by atoms with Gasteiger partial charge in [-0.15, -0.1) is 0 Å². The quantitative estimate of drug-likeness (QED) is 0.116. The first-order valence-electron chi connectivity index (χ1n) is 23.7. The molecule has 0 aromatic heterocycles. The zero-order valence-corrected chi connectivity index (χ0v) is 38.5. The molecule has 17 nitrogen and oxygen atoms in total. The van der Waals surface area contributed by atoms with Gasteiger partial charge < -0.3 is 79.5 Å². The third-order valence-corrected chi connectivity index (χ3v) is 19.0. The minimum Gasteiger partial charge on any atom is -0.481 e. The number of ether oxygens (including phenoxy) is 6. The number of aliphatic carboxylic acids is 1. The van der Waals surface area contributed by atoms with Gasteiger partial charge in [0.15, 0.2) is 18.9 Å². The van der Waals surface area contributed by atoms with E-state index in [1.807, 2.05) is 0 Å². The molecule has 3 aliphatic heterocycles. The van der Waals surface area contributed by atoms with Crippen LogP contribution in [-0.4, -0.2) is 169 Å². The zero-order chi connectivity index (χ0) is 46.7. The van der Waals surface area contributed by atoms with Gasteiger partial charge >= 0.3 is 5.97 Å². The van der Waals surface area contributed by atoms with Gasteiger partial charge in [-0.1, -0.05) is 60.1 Å². The Labute approximate surface area is 376 Å². The first-order chi connectivity index (χ1) is 29.9. The Bertz CT molecular complexity index is 1740. The maximum absolute atomic E-state index is 13.1. The second-order valence-corrected chi connectivity index (χ2v) is 23.0. The van der Waals surface area contributed by atoms with E-state index < -0.39 is 122 Å².